The number of rotatable bonds is 2. The van der Waals surface area contributed by atoms with Crippen LogP contribution in [0.25, 0.3) is 10.8 Å². The molecule has 0 saturated carbocycles. The van der Waals surface area contributed by atoms with E-state index in [1.165, 1.54) is 0 Å². The quantitative estimate of drug-likeness (QED) is 0.748. The van der Waals surface area contributed by atoms with Gasteiger partial charge in [-0.15, -0.1) is 0 Å². The molecule has 1 heterocycles. The molecule has 0 amide bonds. The minimum absolute atomic E-state index is 0.207. The molecule has 0 radical (unpaired) electrons. The van der Waals surface area contributed by atoms with Gasteiger partial charge in [0.1, 0.15) is 5.76 Å². The second kappa shape index (κ2) is 4.72. The molecule has 2 aromatic carbocycles. The molecule has 19 heavy (non-hydrogen) atoms. The van der Waals surface area contributed by atoms with Gasteiger partial charge in [0.25, 0.3) is 0 Å². The molecule has 96 valence electrons. The Morgan fingerprint density at radius 2 is 1.74 bits per heavy atom. The molecule has 0 saturated heterocycles. The van der Waals surface area contributed by atoms with E-state index in [1.54, 1.807) is 6.26 Å². The number of aryl methyl sites for hydroxylation is 1. The zero-order valence-corrected chi connectivity index (χ0v) is 11.3. The maximum atomic E-state index is 6.37. The molecule has 1 atom stereocenters. The number of nitrogens with two attached hydrogens (primary N) is 1. The Morgan fingerprint density at radius 1 is 1.00 bits per heavy atom. The van der Waals surface area contributed by atoms with Gasteiger partial charge in [0.15, 0.2) is 0 Å². The van der Waals surface area contributed by atoms with Crippen LogP contribution < -0.4 is 5.73 Å². The molecule has 3 rings (SSSR count). The summed E-state index contributed by atoms with van der Waals surface area (Å²) in [5, 5.41) is 2.86. The molecule has 1 unspecified atom stereocenters. The van der Waals surface area contributed by atoms with Gasteiger partial charge in [-0.2, -0.15) is 0 Å². The van der Waals surface area contributed by atoms with E-state index in [0.717, 1.165) is 32.7 Å². The van der Waals surface area contributed by atoms with E-state index in [2.05, 4.69) is 0 Å². The zero-order valence-electron chi connectivity index (χ0n) is 10.6. The first-order chi connectivity index (χ1) is 9.18. The molecule has 0 aliphatic carbocycles. The first-order valence-corrected chi connectivity index (χ1v) is 6.53. The Balaban J connectivity index is 2.21. The smallest absolute Gasteiger partial charge is 0.105 e. The van der Waals surface area contributed by atoms with Gasteiger partial charge >= 0.3 is 0 Å². The number of furan rings is 1. The Labute approximate surface area is 116 Å². The minimum atomic E-state index is -0.207. The summed E-state index contributed by atoms with van der Waals surface area (Å²) in [5.74, 6) is 0.853. The lowest BCUT2D eigenvalue weighted by Crippen LogP contribution is -2.12. The number of halogens is 1. The van der Waals surface area contributed by atoms with Gasteiger partial charge in [-0.05, 0) is 30.0 Å². The van der Waals surface area contributed by atoms with Crippen molar-refractivity contribution in [3.8, 4) is 0 Å². The third-order valence-electron chi connectivity index (χ3n) is 3.47. The number of fused-ring (bicyclic) bond motifs is 1. The minimum Gasteiger partial charge on any atom is -0.469 e. The fourth-order valence-electron chi connectivity index (χ4n) is 2.44. The standard InChI is InChI=1S/C16H14ClNO/c1-10-11(8-9-19-10)16(18)14-6-7-15(17)13-5-3-2-4-12(13)14/h2-9,16H,18H2,1H3. The summed E-state index contributed by atoms with van der Waals surface area (Å²) in [6.45, 7) is 1.92. The van der Waals surface area contributed by atoms with Gasteiger partial charge in [0.2, 0.25) is 0 Å². The predicted molar refractivity (Wildman–Crippen MR) is 78.4 cm³/mol. The molecule has 0 aliphatic rings. The van der Waals surface area contributed by atoms with E-state index >= 15 is 0 Å². The molecule has 3 aromatic rings. The van der Waals surface area contributed by atoms with E-state index in [4.69, 9.17) is 21.8 Å². The molecule has 1 aromatic heterocycles. The number of hydrogen-bond donors (Lipinski definition) is 1. The maximum Gasteiger partial charge on any atom is 0.105 e. The highest BCUT2D eigenvalue weighted by Crippen LogP contribution is 2.32. The van der Waals surface area contributed by atoms with Crippen molar-refractivity contribution in [3.05, 3.63) is 70.6 Å². The van der Waals surface area contributed by atoms with Crippen LogP contribution in [0.2, 0.25) is 5.02 Å². The average molecular weight is 272 g/mol. The van der Waals surface area contributed by atoms with Crippen molar-refractivity contribution in [1.29, 1.82) is 0 Å². The monoisotopic (exact) mass is 271 g/mol. The van der Waals surface area contributed by atoms with Gasteiger partial charge < -0.3 is 10.2 Å². The number of benzene rings is 2. The highest BCUT2D eigenvalue weighted by molar-refractivity contribution is 6.35. The van der Waals surface area contributed by atoms with Crippen LogP contribution in [0.1, 0.15) is 22.9 Å². The second-order valence-corrected chi connectivity index (χ2v) is 5.00. The van der Waals surface area contributed by atoms with Crippen LogP contribution in [0.4, 0.5) is 0 Å². The molecule has 0 aliphatic heterocycles. The molecule has 3 heteroatoms. The molecular weight excluding hydrogens is 258 g/mol. The summed E-state index contributed by atoms with van der Waals surface area (Å²) in [7, 11) is 0. The second-order valence-electron chi connectivity index (χ2n) is 4.59. The van der Waals surface area contributed by atoms with Crippen molar-refractivity contribution in [1.82, 2.24) is 0 Å². The Morgan fingerprint density at radius 3 is 2.42 bits per heavy atom. The fourth-order valence-corrected chi connectivity index (χ4v) is 2.67. The number of hydrogen-bond acceptors (Lipinski definition) is 2. The van der Waals surface area contributed by atoms with Gasteiger partial charge in [-0.3, -0.25) is 0 Å². The molecule has 2 nitrogen and oxygen atoms in total. The van der Waals surface area contributed by atoms with Crippen LogP contribution >= 0.6 is 11.6 Å². The normalized spacial score (nSPS) is 12.8. The van der Waals surface area contributed by atoms with Crippen molar-refractivity contribution in [2.45, 2.75) is 13.0 Å². The summed E-state index contributed by atoms with van der Waals surface area (Å²) in [6, 6.07) is 13.6. The van der Waals surface area contributed by atoms with Gasteiger partial charge in [-0.1, -0.05) is 41.9 Å². The Hall–Kier alpha value is -1.77. The largest absolute Gasteiger partial charge is 0.469 e. The van der Waals surface area contributed by atoms with Crippen LogP contribution in [0.15, 0.2) is 53.1 Å². The van der Waals surface area contributed by atoms with Crippen molar-refractivity contribution in [2.75, 3.05) is 0 Å². The van der Waals surface area contributed by atoms with E-state index in [0.29, 0.717) is 0 Å². The topological polar surface area (TPSA) is 39.2 Å². The van der Waals surface area contributed by atoms with Crippen molar-refractivity contribution >= 4 is 22.4 Å². The highest BCUT2D eigenvalue weighted by atomic mass is 35.5. The molecule has 0 fully saturated rings. The van der Waals surface area contributed by atoms with E-state index in [9.17, 15) is 0 Å². The zero-order chi connectivity index (χ0) is 13.4. The van der Waals surface area contributed by atoms with Crippen molar-refractivity contribution in [2.24, 2.45) is 5.73 Å². The van der Waals surface area contributed by atoms with Crippen LogP contribution in [-0.4, -0.2) is 0 Å². The van der Waals surface area contributed by atoms with Crippen LogP contribution in [0.5, 0.6) is 0 Å². The summed E-state index contributed by atoms with van der Waals surface area (Å²) < 4.78 is 5.34. The Kier molecular flexibility index (Phi) is 3.05. The third kappa shape index (κ3) is 2.03. The summed E-state index contributed by atoms with van der Waals surface area (Å²) in [6.07, 6.45) is 1.67. The molecule has 0 bridgehead atoms. The average Bonchev–Trinajstić information content (AvgIpc) is 2.85. The third-order valence-corrected chi connectivity index (χ3v) is 3.80. The Bertz CT molecular complexity index is 732. The lowest BCUT2D eigenvalue weighted by molar-refractivity contribution is 0.528. The SMILES string of the molecule is Cc1occc1C(N)c1ccc(Cl)c2ccccc12. The summed E-state index contributed by atoms with van der Waals surface area (Å²) >= 11 is 6.23. The van der Waals surface area contributed by atoms with Gasteiger partial charge in [0, 0.05) is 16.0 Å². The summed E-state index contributed by atoms with van der Waals surface area (Å²) in [4.78, 5) is 0. The summed E-state index contributed by atoms with van der Waals surface area (Å²) in [5.41, 5.74) is 8.44. The lowest BCUT2D eigenvalue weighted by atomic mass is 9.95. The van der Waals surface area contributed by atoms with Crippen molar-refractivity contribution < 1.29 is 4.42 Å². The maximum absolute atomic E-state index is 6.37. The van der Waals surface area contributed by atoms with E-state index in [-0.39, 0.29) is 6.04 Å². The fraction of sp³-hybridized carbons (Fsp3) is 0.125. The van der Waals surface area contributed by atoms with E-state index < -0.39 is 0 Å². The first-order valence-electron chi connectivity index (χ1n) is 6.15. The van der Waals surface area contributed by atoms with Gasteiger partial charge in [0.05, 0.1) is 12.3 Å². The van der Waals surface area contributed by atoms with Crippen LogP contribution in [0.3, 0.4) is 0 Å². The highest BCUT2D eigenvalue weighted by Gasteiger charge is 2.16. The molecule has 2 N–H and O–H groups in total. The van der Waals surface area contributed by atoms with Crippen molar-refractivity contribution in [3.63, 3.8) is 0 Å². The van der Waals surface area contributed by atoms with Crippen LogP contribution in [-0.2, 0) is 0 Å². The predicted octanol–water partition coefficient (Wildman–Crippen LogP) is 4.44. The molecule has 0 spiro atoms. The van der Waals surface area contributed by atoms with Crippen LogP contribution in [0, 0.1) is 6.92 Å². The lowest BCUT2D eigenvalue weighted by Gasteiger charge is -2.15. The first kappa shape index (κ1) is 12.3. The molecular formula is C16H14ClNO. The van der Waals surface area contributed by atoms with E-state index in [1.807, 2.05) is 49.4 Å². The van der Waals surface area contributed by atoms with Gasteiger partial charge in [-0.25, -0.2) is 0 Å².